The summed E-state index contributed by atoms with van der Waals surface area (Å²) in [6.07, 6.45) is 0. The van der Waals surface area contributed by atoms with Crippen molar-refractivity contribution >= 4 is 34.9 Å². The number of ether oxygens (including phenoxy) is 2. The molecule has 0 radical (unpaired) electrons. The van der Waals surface area contributed by atoms with E-state index in [1.165, 1.54) is 24.0 Å². The summed E-state index contributed by atoms with van der Waals surface area (Å²) < 4.78 is 10.6. The molecule has 0 aromatic heterocycles. The van der Waals surface area contributed by atoms with Crippen LogP contribution in [0.1, 0.15) is 28.4 Å². The number of methoxy groups -OCH3 is 2. The molecule has 1 aliphatic rings. The number of hydrogen-bond acceptors (Lipinski definition) is 6. The van der Waals surface area contributed by atoms with Gasteiger partial charge >= 0.3 is 0 Å². The Bertz CT molecular complexity index is 1400. The minimum Gasteiger partial charge on any atom is -0.497 e. The number of rotatable bonds is 9. The zero-order chi connectivity index (χ0) is 27.4. The topological polar surface area (TPSA) is 105 Å². The number of carbonyl (C=O) groups excluding carboxylic acids is 4. The molecule has 0 saturated carbocycles. The molecule has 3 aromatic carbocycles. The van der Waals surface area contributed by atoms with Crippen molar-refractivity contribution in [3.05, 3.63) is 83.4 Å². The van der Waals surface area contributed by atoms with Crippen molar-refractivity contribution in [1.82, 2.24) is 4.90 Å². The van der Waals surface area contributed by atoms with Crippen LogP contribution in [-0.2, 0) is 20.9 Å². The fourth-order valence-corrected chi connectivity index (χ4v) is 4.32. The molecular weight excluding hydrogens is 486 g/mol. The molecule has 1 atom stereocenters. The van der Waals surface area contributed by atoms with Crippen LogP contribution in [0.25, 0.3) is 0 Å². The molecule has 4 rings (SSSR count). The average molecular weight is 516 g/mol. The molecule has 3 aromatic rings. The van der Waals surface area contributed by atoms with Gasteiger partial charge in [0, 0.05) is 12.6 Å². The van der Waals surface area contributed by atoms with E-state index < -0.39 is 29.5 Å². The fourth-order valence-electron chi connectivity index (χ4n) is 4.32. The van der Waals surface area contributed by atoms with Crippen LogP contribution < -0.4 is 19.7 Å². The number of para-hydroxylation sites is 1. The number of Topliss-reactive ketones (excluding diaryl/α,β-unsaturated/α-hetero) is 1. The van der Waals surface area contributed by atoms with E-state index in [2.05, 4.69) is 5.32 Å². The highest BCUT2D eigenvalue weighted by atomic mass is 16.5. The Morgan fingerprint density at radius 3 is 2.39 bits per heavy atom. The number of amides is 3. The molecule has 0 fully saturated rings. The van der Waals surface area contributed by atoms with E-state index in [0.717, 1.165) is 11.1 Å². The van der Waals surface area contributed by atoms with Crippen LogP contribution in [0.2, 0.25) is 0 Å². The Hall–Kier alpha value is -4.66. The van der Waals surface area contributed by atoms with Crippen LogP contribution in [0.15, 0.2) is 66.7 Å². The molecule has 0 aliphatic carbocycles. The number of anilines is 2. The molecule has 38 heavy (non-hydrogen) atoms. The number of aryl methyl sites for hydroxylation is 1. The van der Waals surface area contributed by atoms with E-state index >= 15 is 0 Å². The van der Waals surface area contributed by atoms with Gasteiger partial charge < -0.3 is 19.7 Å². The summed E-state index contributed by atoms with van der Waals surface area (Å²) in [7, 11) is 3.01. The monoisotopic (exact) mass is 515 g/mol. The Labute approximate surface area is 220 Å². The van der Waals surface area contributed by atoms with Crippen molar-refractivity contribution < 1.29 is 28.7 Å². The SMILES string of the molecule is COc1ccc(NC(=O)C(C)N(Cc2ccccc2C)C(=O)CN2C(=O)C(=O)c3ccccc32)c(OC)c1. The summed E-state index contributed by atoms with van der Waals surface area (Å²) in [6.45, 7) is 3.30. The smallest absolute Gasteiger partial charge is 0.299 e. The maximum Gasteiger partial charge on any atom is 0.299 e. The predicted molar refractivity (Wildman–Crippen MR) is 142 cm³/mol. The Morgan fingerprint density at radius 2 is 1.68 bits per heavy atom. The van der Waals surface area contributed by atoms with E-state index in [4.69, 9.17) is 9.47 Å². The summed E-state index contributed by atoms with van der Waals surface area (Å²) in [5.41, 5.74) is 2.86. The molecule has 1 unspecified atom stereocenters. The highest BCUT2D eigenvalue weighted by Crippen LogP contribution is 2.30. The van der Waals surface area contributed by atoms with Crippen LogP contribution in [-0.4, -0.2) is 55.2 Å². The van der Waals surface area contributed by atoms with Gasteiger partial charge in [-0.2, -0.15) is 0 Å². The highest BCUT2D eigenvalue weighted by Gasteiger charge is 2.38. The zero-order valence-electron chi connectivity index (χ0n) is 21.7. The zero-order valence-corrected chi connectivity index (χ0v) is 21.7. The molecule has 1 heterocycles. The van der Waals surface area contributed by atoms with Gasteiger partial charge in [-0.05, 0) is 49.2 Å². The molecular formula is C29H29N3O6. The number of carbonyl (C=O) groups is 4. The van der Waals surface area contributed by atoms with Crippen LogP contribution in [0.3, 0.4) is 0 Å². The lowest BCUT2D eigenvalue weighted by molar-refractivity contribution is -0.138. The van der Waals surface area contributed by atoms with Gasteiger partial charge in [-0.15, -0.1) is 0 Å². The Kier molecular flexibility index (Phi) is 7.76. The van der Waals surface area contributed by atoms with Crippen LogP contribution in [0.5, 0.6) is 11.5 Å². The second kappa shape index (κ2) is 11.2. The van der Waals surface area contributed by atoms with Gasteiger partial charge in [0.05, 0.1) is 31.2 Å². The van der Waals surface area contributed by atoms with Gasteiger partial charge in [0.1, 0.15) is 24.1 Å². The summed E-state index contributed by atoms with van der Waals surface area (Å²) in [5.74, 6) is -1.38. The Balaban J connectivity index is 1.61. The van der Waals surface area contributed by atoms with Crippen molar-refractivity contribution in [3.63, 3.8) is 0 Å². The highest BCUT2D eigenvalue weighted by molar-refractivity contribution is 6.52. The van der Waals surface area contributed by atoms with Crippen LogP contribution in [0, 0.1) is 6.92 Å². The first-order valence-electron chi connectivity index (χ1n) is 12.1. The maximum atomic E-state index is 13.7. The summed E-state index contributed by atoms with van der Waals surface area (Å²) >= 11 is 0. The molecule has 0 spiro atoms. The van der Waals surface area contributed by atoms with Crippen LogP contribution >= 0.6 is 0 Å². The van der Waals surface area contributed by atoms with Crippen molar-refractivity contribution in [2.75, 3.05) is 31.0 Å². The number of fused-ring (bicyclic) bond motifs is 1. The molecule has 3 amide bonds. The van der Waals surface area contributed by atoms with Gasteiger partial charge in [-0.3, -0.25) is 24.1 Å². The maximum absolute atomic E-state index is 13.7. The predicted octanol–water partition coefficient (Wildman–Crippen LogP) is 3.60. The van der Waals surface area contributed by atoms with Crippen LogP contribution in [0.4, 0.5) is 11.4 Å². The van der Waals surface area contributed by atoms with E-state index in [-0.39, 0.29) is 18.7 Å². The normalized spacial score (nSPS) is 13.1. The second-order valence-electron chi connectivity index (χ2n) is 8.92. The number of nitrogens with one attached hydrogen (secondary N) is 1. The molecule has 0 saturated heterocycles. The lowest BCUT2D eigenvalue weighted by atomic mass is 10.1. The third kappa shape index (κ3) is 5.22. The fraction of sp³-hybridized carbons (Fsp3) is 0.241. The van der Waals surface area contributed by atoms with Crippen molar-refractivity contribution in [2.24, 2.45) is 0 Å². The van der Waals surface area contributed by atoms with Crippen molar-refractivity contribution in [3.8, 4) is 11.5 Å². The molecule has 1 aliphatic heterocycles. The first kappa shape index (κ1) is 26.4. The third-order valence-electron chi connectivity index (χ3n) is 6.61. The quantitative estimate of drug-likeness (QED) is 0.437. The Morgan fingerprint density at radius 1 is 0.974 bits per heavy atom. The van der Waals surface area contributed by atoms with E-state index in [9.17, 15) is 19.2 Å². The molecule has 1 N–H and O–H groups in total. The molecule has 9 nitrogen and oxygen atoms in total. The number of ketones is 1. The second-order valence-corrected chi connectivity index (χ2v) is 8.92. The third-order valence-corrected chi connectivity index (χ3v) is 6.61. The van der Waals surface area contributed by atoms with E-state index in [0.29, 0.717) is 22.9 Å². The largest absolute Gasteiger partial charge is 0.497 e. The molecule has 9 heteroatoms. The standard InChI is InChI=1S/C29H29N3O6/c1-18-9-5-6-10-20(18)16-31(19(2)28(35)30-23-14-13-21(37-3)15-25(23)38-4)26(33)17-32-24-12-8-7-11-22(24)27(34)29(32)36/h5-15,19H,16-17H2,1-4H3,(H,30,35). The van der Waals surface area contributed by atoms with Gasteiger partial charge in [0.15, 0.2) is 0 Å². The first-order valence-corrected chi connectivity index (χ1v) is 12.1. The van der Waals surface area contributed by atoms with Gasteiger partial charge in [-0.1, -0.05) is 36.4 Å². The van der Waals surface area contributed by atoms with E-state index in [1.807, 2.05) is 31.2 Å². The molecule has 0 bridgehead atoms. The number of benzene rings is 3. The lowest BCUT2D eigenvalue weighted by Gasteiger charge is -2.31. The van der Waals surface area contributed by atoms with Gasteiger partial charge in [0.25, 0.3) is 11.7 Å². The minimum atomic E-state index is -0.919. The summed E-state index contributed by atoms with van der Waals surface area (Å²) in [4.78, 5) is 54.8. The average Bonchev–Trinajstić information content (AvgIpc) is 3.17. The summed E-state index contributed by atoms with van der Waals surface area (Å²) in [6, 6.07) is 18.2. The first-order chi connectivity index (χ1) is 18.2. The van der Waals surface area contributed by atoms with Crippen molar-refractivity contribution in [1.29, 1.82) is 0 Å². The minimum absolute atomic E-state index is 0.136. The van der Waals surface area contributed by atoms with Gasteiger partial charge in [0.2, 0.25) is 11.8 Å². The summed E-state index contributed by atoms with van der Waals surface area (Å²) in [5, 5.41) is 2.83. The van der Waals surface area contributed by atoms with Gasteiger partial charge in [-0.25, -0.2) is 0 Å². The van der Waals surface area contributed by atoms with Crippen molar-refractivity contribution in [2.45, 2.75) is 26.4 Å². The number of hydrogen-bond donors (Lipinski definition) is 1. The molecule has 196 valence electrons. The van der Waals surface area contributed by atoms with E-state index in [1.54, 1.807) is 49.4 Å². The lowest BCUT2D eigenvalue weighted by Crippen LogP contribution is -2.49. The number of nitrogens with zero attached hydrogens (tertiary/aromatic N) is 2.